The van der Waals surface area contributed by atoms with Crippen molar-refractivity contribution in [2.45, 2.75) is 13.3 Å². The van der Waals surface area contributed by atoms with Gasteiger partial charge in [0.2, 0.25) is 5.88 Å². The molecule has 0 bridgehead atoms. The minimum atomic E-state index is -0.0380. The summed E-state index contributed by atoms with van der Waals surface area (Å²) in [5.41, 5.74) is 1.11. The number of carbonyl (C=O) groups excluding carboxylic acids is 1. The number of hydrogen-bond acceptors (Lipinski definition) is 6. The highest BCUT2D eigenvalue weighted by molar-refractivity contribution is 5.94. The smallest absolute Gasteiger partial charge is 0.255 e. The van der Waals surface area contributed by atoms with E-state index in [1.165, 1.54) is 0 Å². The highest BCUT2D eigenvalue weighted by Gasteiger charge is 2.22. The lowest BCUT2D eigenvalue weighted by Gasteiger charge is -2.23. The molecular formula is C19H21N5O2. The molecule has 2 aromatic heterocycles. The van der Waals surface area contributed by atoms with Gasteiger partial charge < -0.3 is 14.5 Å². The zero-order valence-electron chi connectivity index (χ0n) is 14.8. The maximum Gasteiger partial charge on any atom is 0.255 e. The molecule has 134 valence electrons. The highest BCUT2D eigenvalue weighted by atomic mass is 16.5. The molecule has 7 heteroatoms. The van der Waals surface area contributed by atoms with Crippen LogP contribution in [0.5, 0.6) is 5.88 Å². The third-order valence-corrected chi connectivity index (χ3v) is 4.27. The van der Waals surface area contributed by atoms with Gasteiger partial charge in [-0.3, -0.25) is 4.79 Å². The van der Waals surface area contributed by atoms with Crippen molar-refractivity contribution in [3.63, 3.8) is 0 Å². The fourth-order valence-corrected chi connectivity index (χ4v) is 2.99. The standard InChI is InChI=1S/C19H21N5O2/c1-2-26-17-7-6-16(14-22-17)19(25)24-10-4-9-23(11-12-24)18-15(13-20)5-3-8-21-18/h3,5-8,14H,2,4,9-12H2,1H3. The van der Waals surface area contributed by atoms with Gasteiger partial charge >= 0.3 is 0 Å². The first-order valence-corrected chi connectivity index (χ1v) is 8.71. The molecule has 3 rings (SSSR count). The largest absolute Gasteiger partial charge is 0.478 e. The highest BCUT2D eigenvalue weighted by Crippen LogP contribution is 2.19. The van der Waals surface area contributed by atoms with Crippen molar-refractivity contribution in [1.29, 1.82) is 5.26 Å². The molecule has 0 atom stereocenters. The number of carbonyl (C=O) groups is 1. The molecule has 1 aliphatic rings. The van der Waals surface area contributed by atoms with Crippen molar-refractivity contribution in [3.05, 3.63) is 47.8 Å². The number of hydrogen-bond donors (Lipinski definition) is 0. The predicted octanol–water partition coefficient (Wildman–Crippen LogP) is 2.10. The maximum absolute atomic E-state index is 12.7. The molecule has 0 unspecified atom stereocenters. The second-order valence-corrected chi connectivity index (χ2v) is 5.94. The van der Waals surface area contributed by atoms with Crippen LogP contribution in [0.15, 0.2) is 36.7 Å². The van der Waals surface area contributed by atoms with E-state index in [2.05, 4.69) is 20.9 Å². The van der Waals surface area contributed by atoms with Crippen LogP contribution < -0.4 is 9.64 Å². The summed E-state index contributed by atoms with van der Waals surface area (Å²) in [5, 5.41) is 9.27. The van der Waals surface area contributed by atoms with Crippen LogP contribution in [0, 0.1) is 11.3 Å². The van der Waals surface area contributed by atoms with Crippen LogP contribution >= 0.6 is 0 Å². The van der Waals surface area contributed by atoms with Crippen LogP contribution in [0.3, 0.4) is 0 Å². The van der Waals surface area contributed by atoms with E-state index in [1.54, 1.807) is 36.7 Å². The first kappa shape index (κ1) is 17.7. The van der Waals surface area contributed by atoms with Crippen molar-refractivity contribution in [3.8, 4) is 11.9 Å². The van der Waals surface area contributed by atoms with Gasteiger partial charge in [0.15, 0.2) is 0 Å². The van der Waals surface area contributed by atoms with Crippen LogP contribution in [0.4, 0.5) is 5.82 Å². The van der Waals surface area contributed by atoms with Crippen molar-refractivity contribution in [2.24, 2.45) is 0 Å². The molecule has 0 N–H and O–H groups in total. The van der Waals surface area contributed by atoms with Gasteiger partial charge in [0.1, 0.15) is 11.9 Å². The summed E-state index contributed by atoms with van der Waals surface area (Å²) in [7, 11) is 0. The Morgan fingerprint density at radius 2 is 2.12 bits per heavy atom. The Kier molecular flexibility index (Phi) is 5.64. The van der Waals surface area contributed by atoms with Crippen LogP contribution in [0.25, 0.3) is 0 Å². The first-order valence-electron chi connectivity index (χ1n) is 8.71. The number of pyridine rings is 2. The van der Waals surface area contributed by atoms with Gasteiger partial charge in [-0.05, 0) is 31.5 Å². The van der Waals surface area contributed by atoms with Gasteiger partial charge in [0, 0.05) is 44.6 Å². The molecule has 1 aliphatic heterocycles. The lowest BCUT2D eigenvalue weighted by atomic mass is 10.2. The summed E-state index contributed by atoms with van der Waals surface area (Å²) < 4.78 is 5.31. The maximum atomic E-state index is 12.7. The number of aromatic nitrogens is 2. The normalized spacial score (nSPS) is 14.5. The lowest BCUT2D eigenvalue weighted by Crippen LogP contribution is -2.35. The zero-order valence-corrected chi connectivity index (χ0v) is 14.8. The molecular weight excluding hydrogens is 330 g/mol. The number of amides is 1. The molecule has 3 heterocycles. The summed E-state index contributed by atoms with van der Waals surface area (Å²) >= 11 is 0. The van der Waals surface area contributed by atoms with Gasteiger partial charge in [0.25, 0.3) is 5.91 Å². The molecule has 0 aliphatic carbocycles. The van der Waals surface area contributed by atoms with E-state index in [0.717, 1.165) is 13.0 Å². The van der Waals surface area contributed by atoms with E-state index < -0.39 is 0 Å². The van der Waals surface area contributed by atoms with Crippen molar-refractivity contribution in [1.82, 2.24) is 14.9 Å². The molecule has 1 amide bonds. The minimum Gasteiger partial charge on any atom is -0.478 e. The third kappa shape index (κ3) is 3.91. The molecule has 1 fully saturated rings. The molecule has 0 aromatic carbocycles. The van der Waals surface area contributed by atoms with Crippen LogP contribution in [0.1, 0.15) is 29.3 Å². The Morgan fingerprint density at radius 1 is 1.23 bits per heavy atom. The number of rotatable bonds is 4. The first-order chi connectivity index (χ1) is 12.7. The average molecular weight is 351 g/mol. The second-order valence-electron chi connectivity index (χ2n) is 5.94. The van der Waals surface area contributed by atoms with Gasteiger partial charge in [-0.25, -0.2) is 9.97 Å². The average Bonchev–Trinajstić information content (AvgIpc) is 2.94. The van der Waals surface area contributed by atoms with Crippen molar-refractivity contribution >= 4 is 11.7 Å². The fraction of sp³-hybridized carbons (Fsp3) is 0.368. The topological polar surface area (TPSA) is 82.4 Å². The fourth-order valence-electron chi connectivity index (χ4n) is 2.99. The molecule has 26 heavy (non-hydrogen) atoms. The number of ether oxygens (including phenoxy) is 1. The van der Waals surface area contributed by atoms with E-state index in [9.17, 15) is 10.1 Å². The van der Waals surface area contributed by atoms with Gasteiger partial charge in [-0.2, -0.15) is 5.26 Å². The van der Waals surface area contributed by atoms with E-state index in [0.29, 0.717) is 49.1 Å². The Morgan fingerprint density at radius 3 is 2.85 bits per heavy atom. The quantitative estimate of drug-likeness (QED) is 0.839. The summed E-state index contributed by atoms with van der Waals surface area (Å²) in [5.74, 6) is 1.17. The molecule has 0 saturated carbocycles. The molecule has 0 radical (unpaired) electrons. The third-order valence-electron chi connectivity index (χ3n) is 4.27. The molecule has 7 nitrogen and oxygen atoms in total. The Balaban J connectivity index is 1.68. The minimum absolute atomic E-state index is 0.0380. The van der Waals surface area contributed by atoms with Gasteiger partial charge in [0.05, 0.1) is 17.7 Å². The second kappa shape index (κ2) is 8.30. The Hall–Kier alpha value is -3.14. The summed E-state index contributed by atoms with van der Waals surface area (Å²) in [6.07, 6.45) is 4.07. The van der Waals surface area contributed by atoms with Crippen LogP contribution in [-0.2, 0) is 0 Å². The van der Waals surface area contributed by atoms with Gasteiger partial charge in [-0.15, -0.1) is 0 Å². The number of nitriles is 1. The molecule has 0 spiro atoms. The van der Waals surface area contributed by atoms with E-state index >= 15 is 0 Å². The summed E-state index contributed by atoms with van der Waals surface area (Å²) in [6, 6.07) is 9.17. The number of nitrogens with zero attached hydrogens (tertiary/aromatic N) is 5. The van der Waals surface area contributed by atoms with Gasteiger partial charge in [-0.1, -0.05) is 0 Å². The van der Waals surface area contributed by atoms with Crippen LogP contribution in [-0.4, -0.2) is 53.6 Å². The van der Waals surface area contributed by atoms with E-state index in [4.69, 9.17) is 4.74 Å². The molecule has 2 aromatic rings. The predicted molar refractivity (Wildman–Crippen MR) is 97.1 cm³/mol. The van der Waals surface area contributed by atoms with E-state index in [1.807, 2.05) is 11.8 Å². The SMILES string of the molecule is CCOc1ccc(C(=O)N2CCCN(c3ncccc3C#N)CC2)cn1. The van der Waals surface area contributed by atoms with Crippen molar-refractivity contribution < 1.29 is 9.53 Å². The number of anilines is 1. The summed E-state index contributed by atoms with van der Waals surface area (Å²) in [4.78, 5) is 25.2. The Labute approximate surface area is 152 Å². The van der Waals surface area contributed by atoms with Crippen molar-refractivity contribution in [2.75, 3.05) is 37.7 Å². The zero-order chi connectivity index (χ0) is 18.4. The monoisotopic (exact) mass is 351 g/mol. The summed E-state index contributed by atoms with van der Waals surface area (Å²) in [6.45, 7) is 5.08. The Bertz CT molecular complexity index is 800. The lowest BCUT2D eigenvalue weighted by molar-refractivity contribution is 0.0766. The van der Waals surface area contributed by atoms with Crippen LogP contribution in [0.2, 0.25) is 0 Å². The van der Waals surface area contributed by atoms with E-state index in [-0.39, 0.29) is 5.91 Å². The molecule has 1 saturated heterocycles.